The van der Waals surface area contributed by atoms with Crippen LogP contribution in [0.5, 0.6) is 11.5 Å². The van der Waals surface area contributed by atoms with Crippen LogP contribution in [0, 0.1) is 0 Å². The number of aromatic nitrogens is 1. The maximum atomic E-state index is 6.48. The largest absolute Gasteiger partial charge is 0.490 e. The number of thiazole rings is 1. The van der Waals surface area contributed by atoms with Gasteiger partial charge in [0.15, 0.2) is 11.5 Å². The molecular formula is C25H22ClN3O2S. The lowest BCUT2D eigenvalue weighted by Gasteiger charge is -2.13. The number of anilines is 1. The molecule has 0 radical (unpaired) electrons. The van der Waals surface area contributed by atoms with E-state index in [4.69, 9.17) is 21.1 Å². The number of ether oxygens (including phenoxy) is 2. The van der Waals surface area contributed by atoms with Gasteiger partial charge in [-0.3, -0.25) is 5.43 Å². The predicted octanol–water partition coefficient (Wildman–Crippen LogP) is 6.89. The zero-order valence-electron chi connectivity index (χ0n) is 17.5. The second kappa shape index (κ2) is 10.8. The number of hydrogen-bond donors (Lipinski definition) is 1. The summed E-state index contributed by atoms with van der Waals surface area (Å²) in [4.78, 5) is 4.56. The minimum atomic E-state index is 0.431. The Bertz CT molecular complexity index is 1180. The van der Waals surface area contributed by atoms with Crippen molar-refractivity contribution in [2.45, 2.75) is 13.5 Å². The molecule has 1 heterocycles. The molecule has 4 aromatic rings. The lowest BCUT2D eigenvalue weighted by molar-refractivity contribution is 0.269. The van der Waals surface area contributed by atoms with Crippen LogP contribution in [-0.4, -0.2) is 17.8 Å². The van der Waals surface area contributed by atoms with Gasteiger partial charge in [-0.1, -0.05) is 72.3 Å². The highest BCUT2D eigenvalue weighted by molar-refractivity contribution is 7.14. The van der Waals surface area contributed by atoms with Crippen molar-refractivity contribution in [1.82, 2.24) is 4.98 Å². The van der Waals surface area contributed by atoms with Crippen molar-refractivity contribution >= 4 is 34.3 Å². The van der Waals surface area contributed by atoms with Crippen LogP contribution in [0.25, 0.3) is 11.3 Å². The summed E-state index contributed by atoms with van der Waals surface area (Å²) in [7, 11) is 0. The molecule has 0 aliphatic carbocycles. The molecule has 7 heteroatoms. The smallest absolute Gasteiger partial charge is 0.203 e. The highest BCUT2D eigenvalue weighted by atomic mass is 35.5. The Balaban J connectivity index is 1.45. The van der Waals surface area contributed by atoms with Crippen LogP contribution in [0.2, 0.25) is 5.02 Å². The fraction of sp³-hybridized carbons (Fsp3) is 0.120. The van der Waals surface area contributed by atoms with E-state index in [1.807, 2.05) is 79.0 Å². The summed E-state index contributed by atoms with van der Waals surface area (Å²) in [5, 5.41) is 7.51. The van der Waals surface area contributed by atoms with Crippen molar-refractivity contribution in [2.75, 3.05) is 12.0 Å². The van der Waals surface area contributed by atoms with Gasteiger partial charge in [0, 0.05) is 22.6 Å². The summed E-state index contributed by atoms with van der Waals surface area (Å²) < 4.78 is 11.7. The zero-order valence-corrected chi connectivity index (χ0v) is 19.1. The Labute approximate surface area is 196 Å². The van der Waals surface area contributed by atoms with Gasteiger partial charge in [0.1, 0.15) is 6.61 Å². The number of rotatable bonds is 9. The molecule has 1 N–H and O–H groups in total. The predicted molar refractivity (Wildman–Crippen MR) is 132 cm³/mol. The second-order valence-corrected chi connectivity index (χ2v) is 8.07. The van der Waals surface area contributed by atoms with E-state index >= 15 is 0 Å². The molecular weight excluding hydrogens is 442 g/mol. The summed E-state index contributed by atoms with van der Waals surface area (Å²) in [5.74, 6) is 1.22. The van der Waals surface area contributed by atoms with E-state index in [0.29, 0.717) is 34.9 Å². The molecule has 4 rings (SSSR count). The molecule has 32 heavy (non-hydrogen) atoms. The lowest BCUT2D eigenvalue weighted by Crippen LogP contribution is -2.01. The number of hydrazone groups is 1. The molecule has 162 valence electrons. The van der Waals surface area contributed by atoms with Crippen LogP contribution in [-0.2, 0) is 6.61 Å². The molecule has 0 unspecified atom stereocenters. The van der Waals surface area contributed by atoms with Crippen LogP contribution in [0.4, 0.5) is 5.13 Å². The van der Waals surface area contributed by atoms with Crippen molar-refractivity contribution in [3.8, 4) is 22.8 Å². The quantitative estimate of drug-likeness (QED) is 0.217. The maximum Gasteiger partial charge on any atom is 0.203 e. The number of hydrogen-bond acceptors (Lipinski definition) is 6. The van der Waals surface area contributed by atoms with Gasteiger partial charge in [-0.05, 0) is 18.6 Å². The van der Waals surface area contributed by atoms with Gasteiger partial charge in [0.25, 0.3) is 0 Å². The molecule has 0 saturated heterocycles. The standard InChI is InChI=1S/C25H22ClN3O2S/c1-2-30-23-13-20(21(26)14-24(23)31-16-18-9-5-3-6-10-18)15-27-29-25-28-22(17-32-25)19-11-7-4-8-12-19/h3-15,17H,2,16H2,1H3,(H,28,29). The van der Waals surface area contributed by atoms with Gasteiger partial charge in [0.2, 0.25) is 5.13 Å². The van der Waals surface area contributed by atoms with E-state index in [9.17, 15) is 0 Å². The fourth-order valence-corrected chi connectivity index (χ4v) is 3.86. The third kappa shape index (κ3) is 5.66. The van der Waals surface area contributed by atoms with Gasteiger partial charge in [-0.2, -0.15) is 5.10 Å². The number of nitrogens with zero attached hydrogens (tertiary/aromatic N) is 2. The summed E-state index contributed by atoms with van der Waals surface area (Å²) in [6, 6.07) is 23.6. The summed E-state index contributed by atoms with van der Waals surface area (Å²) >= 11 is 7.97. The van der Waals surface area contributed by atoms with Gasteiger partial charge < -0.3 is 9.47 Å². The molecule has 0 amide bonds. The number of benzene rings is 3. The van der Waals surface area contributed by atoms with Gasteiger partial charge in [0.05, 0.1) is 23.5 Å². The lowest BCUT2D eigenvalue weighted by atomic mass is 10.2. The Hall–Kier alpha value is -3.35. The molecule has 0 spiro atoms. The van der Waals surface area contributed by atoms with E-state index in [2.05, 4.69) is 15.5 Å². The average Bonchev–Trinajstić information content (AvgIpc) is 3.30. The van der Waals surface area contributed by atoms with Gasteiger partial charge >= 0.3 is 0 Å². The molecule has 0 bridgehead atoms. The summed E-state index contributed by atoms with van der Waals surface area (Å²) in [6.45, 7) is 2.87. The first-order valence-electron chi connectivity index (χ1n) is 10.2. The van der Waals surface area contributed by atoms with Crippen LogP contribution in [0.3, 0.4) is 0 Å². The minimum Gasteiger partial charge on any atom is -0.490 e. The number of halogens is 1. The van der Waals surface area contributed by atoms with Crippen LogP contribution >= 0.6 is 22.9 Å². The molecule has 0 fully saturated rings. The molecule has 5 nitrogen and oxygen atoms in total. The third-order valence-electron chi connectivity index (χ3n) is 4.54. The maximum absolute atomic E-state index is 6.48. The molecule has 0 atom stereocenters. The molecule has 1 aromatic heterocycles. The monoisotopic (exact) mass is 463 g/mol. The Morgan fingerprint density at radius 2 is 1.72 bits per heavy atom. The van der Waals surface area contributed by atoms with E-state index in [1.165, 1.54) is 11.3 Å². The molecule has 0 aliphatic heterocycles. The van der Waals surface area contributed by atoms with E-state index < -0.39 is 0 Å². The fourth-order valence-electron chi connectivity index (χ4n) is 2.99. The topological polar surface area (TPSA) is 55.7 Å². The van der Waals surface area contributed by atoms with Crippen molar-refractivity contribution in [1.29, 1.82) is 0 Å². The number of nitrogens with one attached hydrogen (secondary N) is 1. The third-order valence-corrected chi connectivity index (χ3v) is 5.61. The first-order chi connectivity index (χ1) is 15.7. The molecule has 0 saturated carbocycles. The van der Waals surface area contributed by atoms with Crippen LogP contribution in [0.1, 0.15) is 18.1 Å². The first kappa shape index (κ1) is 21.9. The first-order valence-corrected chi connectivity index (χ1v) is 11.4. The summed E-state index contributed by atoms with van der Waals surface area (Å²) in [5.41, 5.74) is 6.73. The molecule has 0 aliphatic rings. The van der Waals surface area contributed by atoms with Crippen molar-refractivity contribution in [2.24, 2.45) is 5.10 Å². The molecule has 3 aromatic carbocycles. The van der Waals surface area contributed by atoms with Gasteiger partial charge in [-0.25, -0.2) is 4.98 Å². The summed E-state index contributed by atoms with van der Waals surface area (Å²) in [6.07, 6.45) is 1.65. The van der Waals surface area contributed by atoms with Crippen LogP contribution < -0.4 is 14.9 Å². The van der Waals surface area contributed by atoms with E-state index in [-0.39, 0.29) is 0 Å². The van der Waals surface area contributed by atoms with Crippen LogP contribution in [0.15, 0.2) is 83.3 Å². The minimum absolute atomic E-state index is 0.431. The van der Waals surface area contributed by atoms with Crippen molar-refractivity contribution < 1.29 is 9.47 Å². The zero-order chi connectivity index (χ0) is 22.2. The van der Waals surface area contributed by atoms with E-state index in [0.717, 1.165) is 22.4 Å². The Morgan fingerprint density at radius 3 is 2.47 bits per heavy atom. The second-order valence-electron chi connectivity index (χ2n) is 6.80. The average molecular weight is 464 g/mol. The Kier molecular flexibility index (Phi) is 7.38. The normalized spacial score (nSPS) is 10.9. The van der Waals surface area contributed by atoms with Crippen molar-refractivity contribution in [3.05, 3.63) is 94.3 Å². The highest BCUT2D eigenvalue weighted by Crippen LogP contribution is 2.34. The van der Waals surface area contributed by atoms with Crippen molar-refractivity contribution in [3.63, 3.8) is 0 Å². The van der Waals surface area contributed by atoms with Gasteiger partial charge in [-0.15, -0.1) is 11.3 Å². The SMILES string of the molecule is CCOc1cc(C=NNc2nc(-c3ccccc3)cs2)c(Cl)cc1OCc1ccccc1. The highest BCUT2D eigenvalue weighted by Gasteiger charge is 2.11. The Morgan fingerprint density at radius 1 is 1.00 bits per heavy atom. The van der Waals surface area contributed by atoms with E-state index in [1.54, 1.807) is 12.3 Å².